The summed E-state index contributed by atoms with van der Waals surface area (Å²) < 4.78 is 30.3. The molecule has 6 heteroatoms. The summed E-state index contributed by atoms with van der Waals surface area (Å²) in [7, 11) is 0. The van der Waals surface area contributed by atoms with E-state index in [1.54, 1.807) is 0 Å². The van der Waals surface area contributed by atoms with Gasteiger partial charge in [-0.2, -0.15) is 0 Å². The van der Waals surface area contributed by atoms with Gasteiger partial charge in [0.2, 0.25) is 0 Å². The second-order valence-electron chi connectivity index (χ2n) is 6.03. The van der Waals surface area contributed by atoms with Gasteiger partial charge >= 0.3 is 0 Å². The van der Waals surface area contributed by atoms with Crippen LogP contribution in [0.5, 0.6) is 0 Å². The summed E-state index contributed by atoms with van der Waals surface area (Å²) in [6.45, 7) is 13.9. The number of hydrogen-bond acceptors (Lipinski definition) is 6. The number of unbranched alkanes of at least 4 members (excludes halogenated alkanes) is 1. The fourth-order valence-corrected chi connectivity index (χ4v) is 1.56. The summed E-state index contributed by atoms with van der Waals surface area (Å²) in [5, 5.41) is 0. The second kappa shape index (κ2) is 15.0. The predicted molar refractivity (Wildman–Crippen MR) is 92.6 cm³/mol. The van der Waals surface area contributed by atoms with Gasteiger partial charge in [0.25, 0.3) is 0 Å². The SMILES string of the molecule is CCCCOCC1CO1.CCCOCC1CO1.CCOCC1CO1. The Morgan fingerprint density at radius 3 is 1.50 bits per heavy atom. The van der Waals surface area contributed by atoms with E-state index in [-0.39, 0.29) is 0 Å². The zero-order chi connectivity index (χ0) is 17.5. The van der Waals surface area contributed by atoms with Crippen LogP contribution in [-0.4, -0.2) is 77.8 Å². The molecule has 0 aromatic carbocycles. The van der Waals surface area contributed by atoms with Crippen LogP contribution in [0, 0.1) is 0 Å². The topological polar surface area (TPSA) is 65.3 Å². The van der Waals surface area contributed by atoms with Crippen LogP contribution in [0.1, 0.15) is 40.0 Å². The van der Waals surface area contributed by atoms with Crippen molar-refractivity contribution in [1.29, 1.82) is 0 Å². The lowest BCUT2D eigenvalue weighted by molar-refractivity contribution is 0.114. The highest BCUT2D eigenvalue weighted by atomic mass is 16.6. The van der Waals surface area contributed by atoms with E-state index in [9.17, 15) is 0 Å². The maximum Gasteiger partial charge on any atom is 0.104 e. The zero-order valence-electron chi connectivity index (χ0n) is 15.7. The van der Waals surface area contributed by atoms with Crippen molar-refractivity contribution < 1.29 is 28.4 Å². The number of rotatable bonds is 12. The first-order valence-electron chi connectivity index (χ1n) is 9.38. The third-order valence-electron chi connectivity index (χ3n) is 3.31. The number of hydrogen-bond donors (Lipinski definition) is 0. The summed E-state index contributed by atoms with van der Waals surface area (Å²) in [6.07, 6.45) is 4.79. The van der Waals surface area contributed by atoms with Crippen molar-refractivity contribution in [1.82, 2.24) is 0 Å². The summed E-state index contributed by atoms with van der Waals surface area (Å²) in [5.41, 5.74) is 0. The molecule has 0 bridgehead atoms. The first kappa shape index (κ1) is 21.8. The molecule has 0 amide bonds. The monoisotopic (exact) mass is 348 g/mol. The van der Waals surface area contributed by atoms with E-state index in [2.05, 4.69) is 13.8 Å². The van der Waals surface area contributed by atoms with E-state index < -0.39 is 0 Å². The summed E-state index contributed by atoms with van der Waals surface area (Å²) in [4.78, 5) is 0. The molecule has 0 aromatic heterocycles. The molecule has 144 valence electrons. The highest BCUT2D eigenvalue weighted by Gasteiger charge is 2.22. The molecule has 3 saturated heterocycles. The Labute approximate surface area is 147 Å². The lowest BCUT2D eigenvalue weighted by Gasteiger charge is -1.97. The summed E-state index contributed by atoms with van der Waals surface area (Å²) in [6, 6.07) is 0. The van der Waals surface area contributed by atoms with E-state index in [4.69, 9.17) is 28.4 Å². The van der Waals surface area contributed by atoms with Crippen molar-refractivity contribution >= 4 is 0 Å². The molecule has 0 aromatic rings. The van der Waals surface area contributed by atoms with Gasteiger partial charge in [0.15, 0.2) is 0 Å². The molecule has 24 heavy (non-hydrogen) atoms. The van der Waals surface area contributed by atoms with E-state index in [0.717, 1.165) is 65.9 Å². The fraction of sp³-hybridized carbons (Fsp3) is 1.00. The maximum atomic E-state index is 5.27. The summed E-state index contributed by atoms with van der Waals surface area (Å²) in [5.74, 6) is 0. The molecule has 3 atom stereocenters. The van der Waals surface area contributed by atoms with Gasteiger partial charge in [-0.05, 0) is 19.8 Å². The van der Waals surface area contributed by atoms with Crippen LogP contribution in [0.25, 0.3) is 0 Å². The van der Waals surface area contributed by atoms with Crippen molar-refractivity contribution in [3.05, 3.63) is 0 Å². The Morgan fingerprint density at radius 1 is 0.667 bits per heavy atom. The summed E-state index contributed by atoms with van der Waals surface area (Å²) >= 11 is 0. The van der Waals surface area contributed by atoms with Crippen molar-refractivity contribution in [3.63, 3.8) is 0 Å². The normalized spacial score (nSPS) is 25.9. The lowest BCUT2D eigenvalue weighted by Crippen LogP contribution is -2.01. The molecule has 0 radical (unpaired) electrons. The molecule has 3 aliphatic rings. The van der Waals surface area contributed by atoms with Crippen LogP contribution >= 0.6 is 0 Å². The standard InChI is InChI=1S/C7H14O2.C6H12O2.C5H10O2/c1-2-3-4-8-5-7-6-9-7;1-2-3-7-4-6-5-8-6;1-2-6-3-5-4-7-5/h7H,2-6H2,1H3;6H,2-5H2,1H3;5H,2-4H2,1H3. The average Bonchev–Trinajstić information content (AvgIpc) is 3.45. The molecule has 0 spiro atoms. The molecule has 3 heterocycles. The fourth-order valence-electron chi connectivity index (χ4n) is 1.56. The van der Waals surface area contributed by atoms with Gasteiger partial charge in [-0.3, -0.25) is 0 Å². The van der Waals surface area contributed by atoms with Crippen molar-refractivity contribution in [2.45, 2.75) is 58.3 Å². The second-order valence-corrected chi connectivity index (χ2v) is 6.03. The minimum atomic E-state index is 0.431. The van der Waals surface area contributed by atoms with Gasteiger partial charge in [-0.1, -0.05) is 20.3 Å². The quantitative estimate of drug-likeness (QED) is 0.399. The Morgan fingerprint density at radius 2 is 1.12 bits per heavy atom. The van der Waals surface area contributed by atoms with Crippen LogP contribution in [0.3, 0.4) is 0 Å². The highest BCUT2D eigenvalue weighted by Crippen LogP contribution is 2.09. The molecule has 3 unspecified atom stereocenters. The lowest BCUT2D eigenvalue weighted by atomic mass is 10.4. The Kier molecular flexibility index (Phi) is 13.7. The first-order valence-corrected chi connectivity index (χ1v) is 9.38. The molecule has 3 aliphatic heterocycles. The third-order valence-corrected chi connectivity index (χ3v) is 3.31. The Hall–Kier alpha value is -0.240. The molecule has 6 nitrogen and oxygen atoms in total. The molecular weight excluding hydrogens is 312 g/mol. The minimum Gasteiger partial charge on any atom is -0.379 e. The minimum absolute atomic E-state index is 0.431. The van der Waals surface area contributed by atoms with Gasteiger partial charge < -0.3 is 28.4 Å². The highest BCUT2D eigenvalue weighted by molar-refractivity contribution is 4.67. The van der Waals surface area contributed by atoms with E-state index in [0.29, 0.717) is 18.3 Å². The third kappa shape index (κ3) is 16.6. The van der Waals surface area contributed by atoms with Gasteiger partial charge in [0.05, 0.1) is 39.6 Å². The van der Waals surface area contributed by atoms with Crippen molar-refractivity contribution in [2.24, 2.45) is 0 Å². The predicted octanol–water partition coefficient (Wildman–Crippen LogP) is 2.44. The molecule has 0 saturated carbocycles. The van der Waals surface area contributed by atoms with Crippen LogP contribution in [0.4, 0.5) is 0 Å². The number of epoxide rings is 3. The van der Waals surface area contributed by atoms with Crippen LogP contribution in [0.2, 0.25) is 0 Å². The van der Waals surface area contributed by atoms with Crippen LogP contribution in [-0.2, 0) is 28.4 Å². The van der Waals surface area contributed by atoms with Crippen molar-refractivity contribution in [3.8, 4) is 0 Å². The van der Waals surface area contributed by atoms with E-state index in [1.165, 1.54) is 12.8 Å². The Bertz CT molecular complexity index is 264. The molecule has 3 rings (SSSR count). The molecule has 0 N–H and O–H groups in total. The van der Waals surface area contributed by atoms with Gasteiger partial charge in [-0.25, -0.2) is 0 Å². The smallest absolute Gasteiger partial charge is 0.104 e. The zero-order valence-corrected chi connectivity index (χ0v) is 15.7. The van der Waals surface area contributed by atoms with Gasteiger partial charge in [-0.15, -0.1) is 0 Å². The molecular formula is C18H36O6. The molecule has 0 aliphatic carbocycles. The van der Waals surface area contributed by atoms with Gasteiger partial charge in [0, 0.05) is 19.8 Å². The van der Waals surface area contributed by atoms with E-state index >= 15 is 0 Å². The molecule has 3 fully saturated rings. The largest absolute Gasteiger partial charge is 0.379 e. The van der Waals surface area contributed by atoms with Gasteiger partial charge in [0.1, 0.15) is 18.3 Å². The van der Waals surface area contributed by atoms with Crippen LogP contribution in [0.15, 0.2) is 0 Å². The van der Waals surface area contributed by atoms with Crippen molar-refractivity contribution in [2.75, 3.05) is 59.5 Å². The average molecular weight is 348 g/mol. The van der Waals surface area contributed by atoms with E-state index in [1.807, 2.05) is 6.92 Å². The number of ether oxygens (including phenoxy) is 6. The Balaban J connectivity index is 0.000000181. The maximum absolute atomic E-state index is 5.27. The first-order chi connectivity index (χ1) is 11.8. The van der Waals surface area contributed by atoms with Crippen LogP contribution < -0.4 is 0 Å².